The van der Waals surface area contributed by atoms with Gasteiger partial charge in [0.05, 0.1) is 11.6 Å². The first-order valence-electron chi connectivity index (χ1n) is 8.75. The van der Waals surface area contributed by atoms with Crippen molar-refractivity contribution in [2.24, 2.45) is 17.8 Å². The summed E-state index contributed by atoms with van der Waals surface area (Å²) < 4.78 is 7.04. The van der Waals surface area contributed by atoms with Crippen LogP contribution in [0, 0.1) is 17.8 Å². The molecule has 1 aromatic heterocycles. The van der Waals surface area contributed by atoms with Crippen LogP contribution in [0.25, 0.3) is 5.69 Å². The van der Waals surface area contributed by atoms with E-state index in [1.165, 1.54) is 0 Å². The van der Waals surface area contributed by atoms with Crippen LogP contribution in [0.2, 0.25) is 0 Å². The maximum absolute atomic E-state index is 12.5. The number of para-hydroxylation sites is 1. The Morgan fingerprint density at radius 3 is 2.60 bits per heavy atom. The molecule has 7 heteroatoms. The number of rotatable bonds is 4. The molecule has 2 bridgehead atoms. The van der Waals surface area contributed by atoms with Gasteiger partial charge in [-0.2, -0.15) is 4.68 Å². The average molecular weight is 340 g/mol. The zero-order valence-corrected chi connectivity index (χ0v) is 13.9. The van der Waals surface area contributed by atoms with Gasteiger partial charge < -0.3 is 4.74 Å². The minimum absolute atomic E-state index is 0.0283. The number of aromatic nitrogens is 4. The first kappa shape index (κ1) is 15.9. The predicted molar refractivity (Wildman–Crippen MR) is 87.5 cm³/mol. The van der Waals surface area contributed by atoms with E-state index in [0.717, 1.165) is 24.9 Å². The molecule has 1 aromatic carbocycles. The SMILES string of the molecule is O=C(OCc1nnnn1-c1ccccc1)C1CC2CCCC(C1)C2=O. The van der Waals surface area contributed by atoms with Crippen LogP contribution in [0.3, 0.4) is 0 Å². The molecule has 2 saturated carbocycles. The molecule has 2 aromatic rings. The van der Waals surface area contributed by atoms with Crippen LogP contribution in [-0.4, -0.2) is 32.0 Å². The third kappa shape index (κ3) is 3.18. The van der Waals surface area contributed by atoms with Gasteiger partial charge in [-0.1, -0.05) is 24.6 Å². The molecular formula is C18H20N4O3. The van der Waals surface area contributed by atoms with Crippen molar-refractivity contribution in [2.45, 2.75) is 38.7 Å². The minimum Gasteiger partial charge on any atom is -0.457 e. The van der Waals surface area contributed by atoms with Gasteiger partial charge >= 0.3 is 5.97 Å². The van der Waals surface area contributed by atoms with E-state index in [1.54, 1.807) is 4.68 Å². The number of hydrogen-bond acceptors (Lipinski definition) is 6. The Labute approximate surface area is 145 Å². The van der Waals surface area contributed by atoms with Crippen molar-refractivity contribution in [3.05, 3.63) is 36.2 Å². The van der Waals surface area contributed by atoms with Gasteiger partial charge in [0.25, 0.3) is 0 Å². The van der Waals surface area contributed by atoms with E-state index < -0.39 is 0 Å². The number of hydrogen-bond donors (Lipinski definition) is 0. The summed E-state index contributed by atoms with van der Waals surface area (Å²) in [6.45, 7) is 0.0283. The highest BCUT2D eigenvalue weighted by Crippen LogP contribution is 2.40. The van der Waals surface area contributed by atoms with Crippen LogP contribution in [0.1, 0.15) is 37.9 Å². The number of tetrazole rings is 1. The second-order valence-electron chi connectivity index (χ2n) is 6.85. The number of carbonyl (C=O) groups is 2. The molecule has 4 rings (SSSR count). The molecule has 0 N–H and O–H groups in total. The summed E-state index contributed by atoms with van der Waals surface area (Å²) in [7, 11) is 0. The van der Waals surface area contributed by atoms with Crippen LogP contribution >= 0.6 is 0 Å². The Kier molecular flexibility index (Phi) is 4.29. The number of carbonyl (C=O) groups excluding carboxylic acids is 2. The maximum atomic E-state index is 12.5. The molecule has 0 aliphatic heterocycles. The molecule has 7 nitrogen and oxygen atoms in total. The standard InChI is InChI=1S/C18H20N4O3/c23-17-12-5-4-6-13(17)10-14(9-12)18(24)25-11-16-19-20-21-22(16)15-7-2-1-3-8-15/h1-3,7-8,12-14H,4-6,9-11H2. The maximum Gasteiger partial charge on any atom is 0.309 e. The summed E-state index contributed by atoms with van der Waals surface area (Å²) in [5.41, 5.74) is 0.816. The van der Waals surface area contributed by atoms with E-state index in [9.17, 15) is 9.59 Å². The van der Waals surface area contributed by atoms with E-state index in [-0.39, 0.29) is 30.3 Å². The third-order valence-electron chi connectivity index (χ3n) is 5.26. The minimum atomic E-state index is -0.244. The molecule has 0 saturated heterocycles. The number of benzene rings is 1. The van der Waals surface area contributed by atoms with Gasteiger partial charge in [0, 0.05) is 11.8 Å². The number of esters is 1. The van der Waals surface area contributed by atoms with Gasteiger partial charge in [0.15, 0.2) is 12.4 Å². The van der Waals surface area contributed by atoms with Gasteiger partial charge in [-0.05, 0) is 48.2 Å². The fraction of sp³-hybridized carbons (Fsp3) is 0.500. The van der Waals surface area contributed by atoms with Crippen molar-refractivity contribution in [3.8, 4) is 5.69 Å². The number of ketones is 1. The summed E-state index contributed by atoms with van der Waals surface area (Å²) in [6, 6.07) is 9.47. The first-order chi connectivity index (χ1) is 12.2. The Balaban J connectivity index is 1.40. The summed E-state index contributed by atoms with van der Waals surface area (Å²) in [5, 5.41) is 11.6. The van der Waals surface area contributed by atoms with E-state index in [2.05, 4.69) is 15.5 Å². The number of nitrogens with zero attached hydrogens (tertiary/aromatic N) is 4. The highest BCUT2D eigenvalue weighted by molar-refractivity contribution is 5.87. The predicted octanol–water partition coefficient (Wildman–Crippen LogP) is 2.10. The average Bonchev–Trinajstić information content (AvgIpc) is 3.09. The van der Waals surface area contributed by atoms with Gasteiger partial charge in [-0.3, -0.25) is 9.59 Å². The fourth-order valence-electron chi connectivity index (χ4n) is 3.99. The summed E-state index contributed by atoms with van der Waals surface area (Å²) in [4.78, 5) is 24.6. The lowest BCUT2D eigenvalue weighted by Crippen LogP contribution is -2.39. The molecule has 2 aliphatic carbocycles. The molecule has 0 spiro atoms. The van der Waals surface area contributed by atoms with Crippen LogP contribution in [0.15, 0.2) is 30.3 Å². The van der Waals surface area contributed by atoms with Crippen molar-refractivity contribution in [2.75, 3.05) is 0 Å². The lowest BCUT2D eigenvalue weighted by atomic mass is 9.67. The number of fused-ring (bicyclic) bond motifs is 2. The second-order valence-corrected chi connectivity index (χ2v) is 6.85. The topological polar surface area (TPSA) is 87.0 Å². The van der Waals surface area contributed by atoms with Gasteiger partial charge in [-0.25, -0.2) is 0 Å². The highest BCUT2D eigenvalue weighted by atomic mass is 16.5. The van der Waals surface area contributed by atoms with Crippen LogP contribution in [0.4, 0.5) is 0 Å². The number of ether oxygens (including phenoxy) is 1. The molecule has 2 unspecified atom stereocenters. The van der Waals surface area contributed by atoms with E-state index in [1.807, 2.05) is 30.3 Å². The zero-order chi connectivity index (χ0) is 17.2. The summed E-state index contributed by atoms with van der Waals surface area (Å²) in [5.74, 6) is 0.482. The Bertz CT molecular complexity index is 758. The van der Waals surface area contributed by atoms with E-state index in [0.29, 0.717) is 24.4 Å². The van der Waals surface area contributed by atoms with Crippen molar-refractivity contribution in [3.63, 3.8) is 0 Å². The molecule has 130 valence electrons. The van der Waals surface area contributed by atoms with Gasteiger partial charge in [0.2, 0.25) is 0 Å². The van der Waals surface area contributed by atoms with Crippen LogP contribution < -0.4 is 0 Å². The monoisotopic (exact) mass is 340 g/mol. The van der Waals surface area contributed by atoms with Crippen molar-refractivity contribution >= 4 is 11.8 Å². The smallest absolute Gasteiger partial charge is 0.309 e. The summed E-state index contributed by atoms with van der Waals surface area (Å²) in [6.07, 6.45) is 4.15. The molecule has 2 fully saturated rings. The first-order valence-corrected chi connectivity index (χ1v) is 8.75. The second kappa shape index (κ2) is 6.74. The Morgan fingerprint density at radius 1 is 1.16 bits per heavy atom. The Morgan fingerprint density at radius 2 is 1.88 bits per heavy atom. The third-order valence-corrected chi connectivity index (χ3v) is 5.26. The molecule has 2 atom stereocenters. The lowest BCUT2D eigenvalue weighted by Gasteiger charge is -2.36. The van der Waals surface area contributed by atoms with Crippen molar-refractivity contribution < 1.29 is 14.3 Å². The fourth-order valence-corrected chi connectivity index (χ4v) is 3.99. The molecule has 0 radical (unpaired) electrons. The molecular weight excluding hydrogens is 320 g/mol. The molecule has 2 aliphatic rings. The molecule has 1 heterocycles. The van der Waals surface area contributed by atoms with Crippen molar-refractivity contribution in [1.82, 2.24) is 20.2 Å². The largest absolute Gasteiger partial charge is 0.457 e. The normalized spacial score (nSPS) is 25.6. The number of Topliss-reactive ketones (excluding diaryl/α,β-unsaturated/α-hetero) is 1. The van der Waals surface area contributed by atoms with Gasteiger partial charge in [-0.15, -0.1) is 5.10 Å². The molecule has 25 heavy (non-hydrogen) atoms. The van der Waals surface area contributed by atoms with Crippen LogP contribution in [-0.2, 0) is 20.9 Å². The molecule has 0 amide bonds. The zero-order valence-electron chi connectivity index (χ0n) is 13.9. The van der Waals surface area contributed by atoms with Gasteiger partial charge in [0.1, 0.15) is 5.78 Å². The lowest BCUT2D eigenvalue weighted by molar-refractivity contribution is -0.155. The van der Waals surface area contributed by atoms with E-state index >= 15 is 0 Å². The quantitative estimate of drug-likeness (QED) is 0.792. The van der Waals surface area contributed by atoms with E-state index in [4.69, 9.17) is 4.74 Å². The van der Waals surface area contributed by atoms with Crippen LogP contribution in [0.5, 0.6) is 0 Å². The Hall–Kier alpha value is -2.57. The summed E-state index contributed by atoms with van der Waals surface area (Å²) >= 11 is 0. The van der Waals surface area contributed by atoms with Crippen molar-refractivity contribution in [1.29, 1.82) is 0 Å². The highest BCUT2D eigenvalue weighted by Gasteiger charge is 2.41.